The molecule has 1 heterocycles. The molecule has 1 aliphatic rings. The minimum Gasteiger partial charge on any atom is -0.388 e. The van der Waals surface area contributed by atoms with E-state index < -0.39 is 30.5 Å². The number of aliphatic hydroxyl groups excluding tert-OH is 3. The van der Waals surface area contributed by atoms with Crippen LogP contribution in [-0.2, 0) is 4.74 Å². The van der Waals surface area contributed by atoms with Crippen LogP contribution in [0.2, 0.25) is 0 Å². The summed E-state index contributed by atoms with van der Waals surface area (Å²) in [6.07, 6.45) is -4.14. The summed E-state index contributed by atoms with van der Waals surface area (Å²) in [4.78, 5) is 0. The standard InChI is InChI=1S/C12H16O4/c1-7-9(13)11(15)12(16-7)10(14)8-5-3-2-4-6-8/h2-7,9-15H,1H3/t7-,9-,10+,11-,12+/m0/s1. The molecule has 0 saturated carbocycles. The van der Waals surface area contributed by atoms with Gasteiger partial charge in [0.2, 0.25) is 0 Å². The first-order valence-corrected chi connectivity index (χ1v) is 5.36. The molecule has 0 bridgehead atoms. The third-order valence-electron chi connectivity index (χ3n) is 2.99. The van der Waals surface area contributed by atoms with Crippen molar-refractivity contribution in [3.63, 3.8) is 0 Å². The molecule has 1 aromatic rings. The van der Waals surface area contributed by atoms with Gasteiger partial charge in [-0.25, -0.2) is 0 Å². The Hall–Kier alpha value is -0.940. The van der Waals surface area contributed by atoms with E-state index in [4.69, 9.17) is 4.74 Å². The summed E-state index contributed by atoms with van der Waals surface area (Å²) in [5.74, 6) is 0. The fourth-order valence-electron chi connectivity index (χ4n) is 1.98. The van der Waals surface area contributed by atoms with Gasteiger partial charge in [0.15, 0.2) is 0 Å². The molecule has 5 atom stereocenters. The van der Waals surface area contributed by atoms with Crippen LogP contribution in [0.3, 0.4) is 0 Å². The predicted molar refractivity (Wildman–Crippen MR) is 57.8 cm³/mol. The maximum absolute atomic E-state index is 10.0. The molecule has 0 amide bonds. The lowest BCUT2D eigenvalue weighted by Gasteiger charge is -2.21. The van der Waals surface area contributed by atoms with Crippen LogP contribution in [0.4, 0.5) is 0 Å². The van der Waals surface area contributed by atoms with E-state index >= 15 is 0 Å². The van der Waals surface area contributed by atoms with Gasteiger partial charge in [0.05, 0.1) is 6.10 Å². The lowest BCUT2D eigenvalue weighted by molar-refractivity contribution is -0.0635. The average Bonchev–Trinajstić information content (AvgIpc) is 2.57. The highest BCUT2D eigenvalue weighted by atomic mass is 16.6. The van der Waals surface area contributed by atoms with Crippen molar-refractivity contribution < 1.29 is 20.1 Å². The molecule has 0 unspecified atom stereocenters. The third kappa shape index (κ3) is 1.97. The first-order valence-electron chi connectivity index (χ1n) is 5.36. The van der Waals surface area contributed by atoms with Crippen molar-refractivity contribution in [3.8, 4) is 0 Å². The number of benzene rings is 1. The van der Waals surface area contributed by atoms with E-state index in [0.29, 0.717) is 5.56 Å². The van der Waals surface area contributed by atoms with Crippen LogP contribution in [0.5, 0.6) is 0 Å². The molecule has 1 fully saturated rings. The average molecular weight is 224 g/mol. The van der Waals surface area contributed by atoms with Crippen molar-refractivity contribution in [2.24, 2.45) is 0 Å². The minimum absolute atomic E-state index is 0.460. The molecule has 4 nitrogen and oxygen atoms in total. The molecule has 1 aliphatic heterocycles. The Morgan fingerprint density at radius 3 is 2.25 bits per heavy atom. The third-order valence-corrected chi connectivity index (χ3v) is 2.99. The molecule has 1 aromatic carbocycles. The van der Waals surface area contributed by atoms with Crippen LogP contribution in [0.15, 0.2) is 30.3 Å². The second kappa shape index (κ2) is 4.51. The second-order valence-corrected chi connectivity index (χ2v) is 4.14. The highest BCUT2D eigenvalue weighted by Crippen LogP contribution is 2.30. The zero-order chi connectivity index (χ0) is 11.7. The minimum atomic E-state index is -1.05. The van der Waals surface area contributed by atoms with E-state index in [1.165, 1.54) is 0 Å². The normalized spacial score (nSPS) is 36.2. The maximum Gasteiger partial charge on any atom is 0.116 e. The van der Waals surface area contributed by atoms with E-state index in [9.17, 15) is 15.3 Å². The summed E-state index contributed by atoms with van der Waals surface area (Å²) in [7, 11) is 0. The smallest absolute Gasteiger partial charge is 0.116 e. The largest absolute Gasteiger partial charge is 0.388 e. The summed E-state index contributed by atoms with van der Waals surface area (Å²) in [6, 6.07) is 8.98. The summed E-state index contributed by atoms with van der Waals surface area (Å²) in [5, 5.41) is 29.3. The van der Waals surface area contributed by atoms with Crippen LogP contribution in [0, 0.1) is 0 Å². The van der Waals surface area contributed by atoms with Gasteiger partial charge in [0.1, 0.15) is 24.4 Å². The predicted octanol–water partition coefficient (Wildman–Crippen LogP) is 0.229. The first kappa shape index (κ1) is 11.5. The van der Waals surface area contributed by atoms with Crippen molar-refractivity contribution in [1.82, 2.24) is 0 Å². The van der Waals surface area contributed by atoms with Gasteiger partial charge < -0.3 is 20.1 Å². The molecule has 0 radical (unpaired) electrons. The van der Waals surface area contributed by atoms with E-state index in [1.807, 2.05) is 6.07 Å². The van der Waals surface area contributed by atoms with Gasteiger partial charge in [-0.1, -0.05) is 30.3 Å². The topological polar surface area (TPSA) is 69.9 Å². The van der Waals surface area contributed by atoms with Gasteiger partial charge >= 0.3 is 0 Å². The summed E-state index contributed by atoms with van der Waals surface area (Å²) in [5.41, 5.74) is 0.674. The van der Waals surface area contributed by atoms with Crippen LogP contribution in [0.25, 0.3) is 0 Å². The molecule has 2 rings (SSSR count). The van der Waals surface area contributed by atoms with Crippen molar-refractivity contribution in [1.29, 1.82) is 0 Å². The Balaban J connectivity index is 2.15. The van der Waals surface area contributed by atoms with Crippen molar-refractivity contribution in [2.75, 3.05) is 0 Å². The number of hydrogen-bond donors (Lipinski definition) is 3. The molecular formula is C12H16O4. The maximum atomic E-state index is 10.0. The van der Waals surface area contributed by atoms with Crippen molar-refractivity contribution >= 4 is 0 Å². The molecule has 1 saturated heterocycles. The number of aliphatic hydroxyl groups is 3. The lowest BCUT2D eigenvalue weighted by Crippen LogP contribution is -2.34. The van der Waals surface area contributed by atoms with Crippen LogP contribution in [0.1, 0.15) is 18.6 Å². The van der Waals surface area contributed by atoms with Gasteiger partial charge in [0, 0.05) is 0 Å². The quantitative estimate of drug-likeness (QED) is 0.672. The van der Waals surface area contributed by atoms with Crippen LogP contribution < -0.4 is 0 Å². The summed E-state index contributed by atoms with van der Waals surface area (Å²) in [6.45, 7) is 1.67. The first-order chi connectivity index (χ1) is 7.61. The highest BCUT2D eigenvalue weighted by molar-refractivity contribution is 5.19. The molecule has 4 heteroatoms. The van der Waals surface area contributed by atoms with E-state index in [0.717, 1.165) is 0 Å². The van der Waals surface area contributed by atoms with Gasteiger partial charge in [-0.2, -0.15) is 0 Å². The molecular weight excluding hydrogens is 208 g/mol. The van der Waals surface area contributed by atoms with Gasteiger partial charge in [-0.05, 0) is 12.5 Å². The van der Waals surface area contributed by atoms with E-state index in [2.05, 4.69) is 0 Å². The van der Waals surface area contributed by atoms with E-state index in [-0.39, 0.29) is 0 Å². The molecule has 88 valence electrons. The fourth-order valence-corrected chi connectivity index (χ4v) is 1.98. The molecule has 0 spiro atoms. The monoisotopic (exact) mass is 224 g/mol. The second-order valence-electron chi connectivity index (χ2n) is 4.14. The van der Waals surface area contributed by atoms with Crippen LogP contribution in [-0.4, -0.2) is 39.7 Å². The zero-order valence-corrected chi connectivity index (χ0v) is 9.02. The number of rotatable bonds is 2. The van der Waals surface area contributed by atoms with Crippen LogP contribution >= 0.6 is 0 Å². The highest BCUT2D eigenvalue weighted by Gasteiger charge is 2.44. The Morgan fingerprint density at radius 2 is 1.75 bits per heavy atom. The molecule has 0 aromatic heterocycles. The molecule has 0 aliphatic carbocycles. The van der Waals surface area contributed by atoms with Gasteiger partial charge in [-0.3, -0.25) is 0 Å². The summed E-state index contributed by atoms with van der Waals surface area (Å²) < 4.78 is 5.35. The van der Waals surface area contributed by atoms with Gasteiger partial charge in [0.25, 0.3) is 0 Å². The van der Waals surface area contributed by atoms with E-state index in [1.54, 1.807) is 31.2 Å². The molecule has 16 heavy (non-hydrogen) atoms. The Bertz CT molecular complexity index is 340. The Kier molecular flexibility index (Phi) is 3.25. The Morgan fingerprint density at radius 1 is 1.12 bits per heavy atom. The number of hydrogen-bond acceptors (Lipinski definition) is 4. The van der Waals surface area contributed by atoms with Gasteiger partial charge in [-0.15, -0.1) is 0 Å². The summed E-state index contributed by atoms with van der Waals surface area (Å²) >= 11 is 0. The lowest BCUT2D eigenvalue weighted by atomic mass is 9.99. The van der Waals surface area contributed by atoms with Crippen molar-refractivity contribution in [2.45, 2.75) is 37.4 Å². The van der Waals surface area contributed by atoms with Crippen molar-refractivity contribution in [3.05, 3.63) is 35.9 Å². The number of ether oxygens (including phenoxy) is 1. The molecule has 3 N–H and O–H groups in total. The SMILES string of the molecule is C[C@@H]1O[C@H]([C@H](O)c2ccccc2)[C@@H](O)[C@H]1O. The Labute approximate surface area is 94.1 Å². The zero-order valence-electron chi connectivity index (χ0n) is 9.02. The fraction of sp³-hybridized carbons (Fsp3) is 0.500.